The van der Waals surface area contributed by atoms with Crippen LogP contribution in [0.15, 0.2) is 11.1 Å². The number of rotatable bonds is 7. The zero-order valence-electron chi connectivity index (χ0n) is 8.90. The van der Waals surface area contributed by atoms with E-state index in [0.29, 0.717) is 19.0 Å². The van der Waals surface area contributed by atoms with E-state index in [-0.39, 0.29) is 5.91 Å². The Morgan fingerprint density at radius 3 is 2.64 bits per heavy atom. The first-order valence-electron chi connectivity index (χ1n) is 4.85. The number of nitrogens with one attached hydrogen (secondary N) is 2. The second kappa shape index (κ2) is 8.00. The van der Waals surface area contributed by atoms with Crippen LogP contribution in [0.4, 0.5) is 0 Å². The van der Waals surface area contributed by atoms with Crippen LogP contribution in [0.1, 0.15) is 26.7 Å². The lowest BCUT2D eigenvalue weighted by Gasteiger charge is -2.07. The smallest absolute Gasteiger partial charge is 0.220 e. The Bertz CT molecular complexity index is 193. The fourth-order valence-corrected chi connectivity index (χ4v) is 1.06. The van der Waals surface area contributed by atoms with Crippen LogP contribution in [0.25, 0.3) is 0 Å². The number of carbonyl (C=O) groups excluding carboxylic acids is 1. The average molecular weight is 263 g/mol. The zero-order valence-corrected chi connectivity index (χ0v) is 10.5. The number of hydrogen-bond donors (Lipinski definition) is 2. The van der Waals surface area contributed by atoms with Crippen LogP contribution in [-0.4, -0.2) is 25.0 Å². The highest BCUT2D eigenvalue weighted by Crippen LogP contribution is 1.97. The summed E-state index contributed by atoms with van der Waals surface area (Å²) in [7, 11) is 0. The Morgan fingerprint density at radius 2 is 2.14 bits per heavy atom. The summed E-state index contributed by atoms with van der Waals surface area (Å²) in [6, 6.07) is 0.486. The molecule has 0 saturated heterocycles. The summed E-state index contributed by atoms with van der Waals surface area (Å²) in [5, 5.41) is 6.02. The highest BCUT2D eigenvalue weighted by Gasteiger charge is 2.00. The molecule has 0 heterocycles. The van der Waals surface area contributed by atoms with E-state index in [1.807, 2.05) is 0 Å². The maximum absolute atomic E-state index is 11.2. The molecule has 0 aromatic rings. The Hall–Kier alpha value is -0.350. The van der Waals surface area contributed by atoms with Crippen LogP contribution in [0, 0.1) is 0 Å². The SMILES string of the molecule is C=C(Br)CNC(=O)CCCNC(C)C. The van der Waals surface area contributed by atoms with Crippen molar-refractivity contribution in [2.45, 2.75) is 32.7 Å². The van der Waals surface area contributed by atoms with Crippen molar-refractivity contribution in [3.63, 3.8) is 0 Å². The summed E-state index contributed by atoms with van der Waals surface area (Å²) in [6.07, 6.45) is 1.44. The Kier molecular flexibility index (Phi) is 7.80. The molecule has 14 heavy (non-hydrogen) atoms. The molecule has 0 spiro atoms. The fraction of sp³-hybridized carbons (Fsp3) is 0.700. The molecule has 0 aliphatic heterocycles. The molecule has 0 aromatic carbocycles. The maximum atomic E-state index is 11.2. The van der Waals surface area contributed by atoms with Crippen molar-refractivity contribution >= 4 is 21.8 Å². The molecule has 4 heteroatoms. The molecule has 0 bridgehead atoms. The predicted octanol–water partition coefficient (Wildman–Crippen LogP) is 1.79. The van der Waals surface area contributed by atoms with E-state index in [0.717, 1.165) is 17.4 Å². The van der Waals surface area contributed by atoms with Gasteiger partial charge in [0.25, 0.3) is 0 Å². The molecule has 0 unspecified atom stereocenters. The van der Waals surface area contributed by atoms with Gasteiger partial charge in [-0.1, -0.05) is 36.4 Å². The van der Waals surface area contributed by atoms with Crippen LogP contribution in [0.3, 0.4) is 0 Å². The van der Waals surface area contributed by atoms with E-state index in [2.05, 4.69) is 47.0 Å². The van der Waals surface area contributed by atoms with Gasteiger partial charge in [0.15, 0.2) is 0 Å². The van der Waals surface area contributed by atoms with Crippen LogP contribution in [0.2, 0.25) is 0 Å². The van der Waals surface area contributed by atoms with Crippen LogP contribution in [0.5, 0.6) is 0 Å². The summed E-state index contributed by atoms with van der Waals surface area (Å²) >= 11 is 3.18. The lowest BCUT2D eigenvalue weighted by Crippen LogP contribution is -2.27. The highest BCUT2D eigenvalue weighted by atomic mass is 79.9. The molecule has 0 rings (SSSR count). The third kappa shape index (κ3) is 9.74. The van der Waals surface area contributed by atoms with Gasteiger partial charge in [-0.3, -0.25) is 4.79 Å². The second-order valence-electron chi connectivity index (χ2n) is 3.51. The fourth-order valence-electron chi connectivity index (χ4n) is 0.923. The van der Waals surface area contributed by atoms with Crippen molar-refractivity contribution < 1.29 is 4.79 Å². The van der Waals surface area contributed by atoms with E-state index in [9.17, 15) is 4.79 Å². The molecule has 0 aromatic heterocycles. The summed E-state index contributed by atoms with van der Waals surface area (Å²) in [5.41, 5.74) is 0. The molecule has 0 atom stereocenters. The third-order valence-corrected chi connectivity index (χ3v) is 1.89. The summed E-state index contributed by atoms with van der Waals surface area (Å²) in [6.45, 7) is 9.22. The van der Waals surface area contributed by atoms with Crippen molar-refractivity contribution in [2.75, 3.05) is 13.1 Å². The van der Waals surface area contributed by atoms with Gasteiger partial charge in [0.05, 0.1) is 0 Å². The van der Waals surface area contributed by atoms with Crippen molar-refractivity contribution in [1.82, 2.24) is 10.6 Å². The molecule has 0 fully saturated rings. The van der Waals surface area contributed by atoms with Gasteiger partial charge in [0.2, 0.25) is 5.91 Å². The minimum Gasteiger partial charge on any atom is -0.352 e. The van der Waals surface area contributed by atoms with E-state index in [1.54, 1.807) is 0 Å². The number of hydrogen-bond acceptors (Lipinski definition) is 2. The van der Waals surface area contributed by atoms with Gasteiger partial charge in [-0.05, 0) is 13.0 Å². The Morgan fingerprint density at radius 1 is 1.50 bits per heavy atom. The molecule has 3 nitrogen and oxygen atoms in total. The van der Waals surface area contributed by atoms with Gasteiger partial charge in [0, 0.05) is 23.5 Å². The minimum atomic E-state index is 0.0798. The molecule has 0 radical (unpaired) electrons. The van der Waals surface area contributed by atoms with Gasteiger partial charge >= 0.3 is 0 Å². The lowest BCUT2D eigenvalue weighted by atomic mass is 10.2. The number of halogens is 1. The van der Waals surface area contributed by atoms with Crippen LogP contribution < -0.4 is 10.6 Å². The van der Waals surface area contributed by atoms with Crippen molar-refractivity contribution in [3.05, 3.63) is 11.1 Å². The Labute approximate surface area is 94.5 Å². The van der Waals surface area contributed by atoms with Gasteiger partial charge in [-0.15, -0.1) is 0 Å². The van der Waals surface area contributed by atoms with Crippen LogP contribution >= 0.6 is 15.9 Å². The van der Waals surface area contributed by atoms with Crippen LogP contribution in [-0.2, 0) is 4.79 Å². The maximum Gasteiger partial charge on any atom is 0.220 e. The lowest BCUT2D eigenvalue weighted by molar-refractivity contribution is -0.120. The first-order chi connectivity index (χ1) is 6.52. The zero-order chi connectivity index (χ0) is 11.0. The first-order valence-corrected chi connectivity index (χ1v) is 5.65. The Balaban J connectivity index is 3.31. The highest BCUT2D eigenvalue weighted by molar-refractivity contribution is 9.11. The largest absolute Gasteiger partial charge is 0.352 e. The third-order valence-electron chi connectivity index (χ3n) is 1.61. The topological polar surface area (TPSA) is 41.1 Å². The molecule has 0 aliphatic carbocycles. The monoisotopic (exact) mass is 262 g/mol. The molecule has 1 amide bonds. The molecular formula is C10H19BrN2O. The second-order valence-corrected chi connectivity index (χ2v) is 4.63. The average Bonchev–Trinajstić information content (AvgIpc) is 2.08. The van der Waals surface area contributed by atoms with Crippen molar-refractivity contribution in [2.24, 2.45) is 0 Å². The number of amides is 1. The van der Waals surface area contributed by atoms with Gasteiger partial charge in [-0.2, -0.15) is 0 Å². The molecule has 2 N–H and O–H groups in total. The quantitative estimate of drug-likeness (QED) is 0.687. The first kappa shape index (κ1) is 13.7. The minimum absolute atomic E-state index is 0.0798. The number of carbonyl (C=O) groups is 1. The molecule has 0 saturated carbocycles. The van der Waals surface area contributed by atoms with Gasteiger partial charge in [0.1, 0.15) is 0 Å². The molecule has 0 aliphatic rings. The summed E-state index contributed by atoms with van der Waals surface area (Å²) < 4.78 is 0.797. The summed E-state index contributed by atoms with van der Waals surface area (Å²) in [4.78, 5) is 11.2. The van der Waals surface area contributed by atoms with Crippen molar-refractivity contribution in [3.8, 4) is 0 Å². The van der Waals surface area contributed by atoms with E-state index >= 15 is 0 Å². The molecular weight excluding hydrogens is 244 g/mol. The standard InChI is InChI=1S/C10H19BrN2O/c1-8(2)12-6-4-5-10(14)13-7-9(3)11/h8,12H,3-7H2,1-2H3,(H,13,14). The van der Waals surface area contributed by atoms with Gasteiger partial charge in [-0.25, -0.2) is 0 Å². The van der Waals surface area contributed by atoms with E-state index in [1.165, 1.54) is 0 Å². The predicted molar refractivity (Wildman–Crippen MR) is 63.4 cm³/mol. The normalized spacial score (nSPS) is 10.3. The van der Waals surface area contributed by atoms with Crippen molar-refractivity contribution in [1.29, 1.82) is 0 Å². The summed E-state index contributed by atoms with van der Waals surface area (Å²) in [5.74, 6) is 0.0798. The molecule has 82 valence electrons. The van der Waals surface area contributed by atoms with E-state index < -0.39 is 0 Å². The van der Waals surface area contributed by atoms with Gasteiger partial charge < -0.3 is 10.6 Å². The van der Waals surface area contributed by atoms with E-state index in [4.69, 9.17) is 0 Å².